The van der Waals surface area contributed by atoms with E-state index in [-0.39, 0.29) is 23.7 Å². The van der Waals surface area contributed by atoms with Crippen molar-refractivity contribution in [1.29, 1.82) is 0 Å². The van der Waals surface area contributed by atoms with E-state index in [9.17, 15) is 9.59 Å². The van der Waals surface area contributed by atoms with Crippen LogP contribution in [0.25, 0.3) is 0 Å². The Bertz CT molecular complexity index is 1400. The van der Waals surface area contributed by atoms with Crippen LogP contribution < -0.4 is 20.3 Å². The Morgan fingerprint density at radius 1 is 1.08 bits per heavy atom. The number of hydrogen-bond acceptors (Lipinski definition) is 5. The number of anilines is 2. The molecule has 0 radical (unpaired) electrons. The van der Waals surface area contributed by atoms with Gasteiger partial charge >= 0.3 is 0 Å². The quantitative estimate of drug-likeness (QED) is 0.393. The number of ether oxygens (including phenoxy) is 1. The highest BCUT2D eigenvalue weighted by Crippen LogP contribution is 2.48. The number of hydrogen-bond donors (Lipinski definition) is 2. The Balaban J connectivity index is 1.54. The number of nitrogens with zero attached hydrogens (tertiary/aromatic N) is 1. The Morgan fingerprint density at radius 2 is 1.84 bits per heavy atom. The molecule has 1 heterocycles. The van der Waals surface area contributed by atoms with Gasteiger partial charge in [0.1, 0.15) is 5.75 Å². The number of methoxy groups -OCH3 is 1. The van der Waals surface area contributed by atoms with Crippen molar-refractivity contribution < 1.29 is 14.3 Å². The molecule has 0 bridgehead atoms. The highest BCUT2D eigenvalue weighted by Gasteiger charge is 2.41. The van der Waals surface area contributed by atoms with Crippen LogP contribution in [-0.4, -0.2) is 25.3 Å². The molecule has 1 atom stereocenters. The molecule has 0 spiro atoms. The van der Waals surface area contributed by atoms with Gasteiger partial charge in [0.15, 0.2) is 5.78 Å². The summed E-state index contributed by atoms with van der Waals surface area (Å²) in [7, 11) is 1.62. The third-order valence-corrected chi connectivity index (χ3v) is 7.38. The number of Topliss-reactive ketones (excluding diaryl/α,β-unsaturated/α-hetero) is 1. The van der Waals surface area contributed by atoms with Crippen molar-refractivity contribution in [1.82, 2.24) is 5.32 Å². The smallest absolute Gasteiger partial charge is 0.239 e. The molecule has 0 saturated heterocycles. The maximum absolute atomic E-state index is 13.7. The number of nitrogens with one attached hydrogen (secondary N) is 2. The zero-order valence-corrected chi connectivity index (χ0v) is 22.6. The van der Waals surface area contributed by atoms with Crippen molar-refractivity contribution >= 4 is 34.7 Å². The number of amides is 1. The van der Waals surface area contributed by atoms with Crippen LogP contribution in [0.3, 0.4) is 0 Å². The largest absolute Gasteiger partial charge is 0.497 e. The summed E-state index contributed by atoms with van der Waals surface area (Å²) < 4.78 is 5.31. The molecule has 0 aromatic heterocycles. The van der Waals surface area contributed by atoms with Gasteiger partial charge in [-0.25, -0.2) is 0 Å². The predicted octanol–water partition coefficient (Wildman–Crippen LogP) is 6.28. The lowest BCUT2D eigenvalue weighted by Crippen LogP contribution is -2.41. The first kappa shape index (κ1) is 25.9. The zero-order valence-electron chi connectivity index (χ0n) is 21.9. The lowest BCUT2D eigenvalue weighted by molar-refractivity contribution is -0.120. The number of halogens is 1. The van der Waals surface area contributed by atoms with Crippen molar-refractivity contribution in [3.8, 4) is 5.75 Å². The number of carbonyl (C=O) groups excluding carboxylic acids is 2. The fraction of sp³-hybridized carbons (Fsp3) is 0.290. The number of rotatable bonds is 6. The molecule has 1 amide bonds. The van der Waals surface area contributed by atoms with Gasteiger partial charge in [-0.15, -0.1) is 0 Å². The second kappa shape index (κ2) is 10.5. The van der Waals surface area contributed by atoms with E-state index >= 15 is 0 Å². The first-order valence-electron chi connectivity index (χ1n) is 12.8. The summed E-state index contributed by atoms with van der Waals surface area (Å²) in [5.41, 5.74) is 5.06. The molecule has 5 rings (SSSR count). The fourth-order valence-electron chi connectivity index (χ4n) is 5.41. The number of ketones is 1. The van der Waals surface area contributed by atoms with Gasteiger partial charge in [-0.1, -0.05) is 61.8 Å². The van der Waals surface area contributed by atoms with Crippen molar-refractivity contribution in [2.24, 2.45) is 5.41 Å². The van der Waals surface area contributed by atoms with E-state index in [0.29, 0.717) is 23.6 Å². The molecule has 196 valence electrons. The first-order chi connectivity index (χ1) is 18.2. The number of para-hydroxylation sites is 2. The molecule has 1 aliphatic carbocycles. The normalized spacial score (nSPS) is 18.2. The average molecular weight is 530 g/mol. The first-order valence-corrected chi connectivity index (χ1v) is 13.2. The maximum atomic E-state index is 13.7. The van der Waals surface area contributed by atoms with Crippen LogP contribution in [-0.2, 0) is 16.1 Å². The predicted molar refractivity (Wildman–Crippen MR) is 151 cm³/mol. The number of allylic oxidation sites excluding steroid dienone is 1. The minimum Gasteiger partial charge on any atom is -0.497 e. The molecule has 3 aromatic rings. The van der Waals surface area contributed by atoms with Crippen LogP contribution in [0, 0.1) is 5.41 Å². The van der Waals surface area contributed by atoms with Gasteiger partial charge in [0, 0.05) is 29.3 Å². The van der Waals surface area contributed by atoms with E-state index in [1.165, 1.54) is 0 Å². The Kier molecular flexibility index (Phi) is 7.17. The molecule has 0 fully saturated rings. The monoisotopic (exact) mass is 529 g/mol. The van der Waals surface area contributed by atoms with Crippen molar-refractivity contribution in [2.45, 2.75) is 39.3 Å². The van der Waals surface area contributed by atoms with Gasteiger partial charge in [0.05, 0.1) is 31.1 Å². The van der Waals surface area contributed by atoms with E-state index in [0.717, 1.165) is 40.4 Å². The molecular weight excluding hydrogens is 498 g/mol. The van der Waals surface area contributed by atoms with Crippen molar-refractivity contribution in [2.75, 3.05) is 23.9 Å². The minimum absolute atomic E-state index is 0.0728. The third kappa shape index (κ3) is 5.41. The number of carbonyl (C=O) groups is 2. The molecule has 0 saturated carbocycles. The molecule has 1 aliphatic heterocycles. The van der Waals surface area contributed by atoms with Crippen LogP contribution in [0.1, 0.15) is 43.9 Å². The van der Waals surface area contributed by atoms with Gasteiger partial charge in [-0.05, 0) is 59.4 Å². The summed E-state index contributed by atoms with van der Waals surface area (Å²) in [5.74, 6) is 0.692. The average Bonchev–Trinajstić information content (AvgIpc) is 3.02. The van der Waals surface area contributed by atoms with Gasteiger partial charge < -0.3 is 20.3 Å². The topological polar surface area (TPSA) is 70.7 Å². The Labute approximate surface area is 228 Å². The second-order valence-corrected chi connectivity index (χ2v) is 11.1. The molecule has 2 N–H and O–H groups in total. The van der Waals surface area contributed by atoms with Crippen LogP contribution in [0.4, 0.5) is 11.4 Å². The van der Waals surface area contributed by atoms with E-state index < -0.39 is 6.04 Å². The van der Waals surface area contributed by atoms with E-state index in [1.54, 1.807) is 7.11 Å². The molecule has 6 nitrogen and oxygen atoms in total. The zero-order chi connectivity index (χ0) is 26.9. The molecule has 3 aromatic carbocycles. The molecule has 1 unspecified atom stereocenters. The lowest BCUT2D eigenvalue weighted by atomic mass is 9.73. The highest BCUT2D eigenvalue weighted by atomic mass is 35.5. The van der Waals surface area contributed by atoms with Gasteiger partial charge in [0.25, 0.3) is 0 Å². The van der Waals surface area contributed by atoms with Crippen molar-refractivity contribution in [3.05, 3.63) is 100 Å². The summed E-state index contributed by atoms with van der Waals surface area (Å²) in [6.07, 6.45) is 1.19. The number of benzene rings is 3. The van der Waals surface area contributed by atoms with E-state index in [4.69, 9.17) is 16.3 Å². The Hall–Kier alpha value is -3.77. The summed E-state index contributed by atoms with van der Waals surface area (Å²) >= 11 is 6.23. The van der Waals surface area contributed by atoms with Gasteiger partial charge in [-0.2, -0.15) is 0 Å². The molecular formula is C31H32ClN3O3. The van der Waals surface area contributed by atoms with E-state index in [2.05, 4.69) is 24.5 Å². The molecule has 7 heteroatoms. The molecule has 38 heavy (non-hydrogen) atoms. The number of fused-ring (bicyclic) bond motifs is 1. The highest BCUT2D eigenvalue weighted by molar-refractivity contribution is 6.30. The Morgan fingerprint density at radius 3 is 2.61 bits per heavy atom. The maximum Gasteiger partial charge on any atom is 0.239 e. The van der Waals surface area contributed by atoms with E-state index in [1.807, 2.05) is 77.7 Å². The SMILES string of the molecule is COc1cccc(CNC(=O)CN2c3ccccc3NC3=C(C(=O)CC(C)(C)C3)C2c2ccc(Cl)cc2)c1. The summed E-state index contributed by atoms with van der Waals surface area (Å²) in [6.45, 7) is 4.68. The van der Waals surface area contributed by atoms with Gasteiger partial charge in [0.2, 0.25) is 5.91 Å². The summed E-state index contributed by atoms with van der Waals surface area (Å²) in [4.78, 5) is 29.2. The van der Waals surface area contributed by atoms with Crippen LogP contribution in [0.5, 0.6) is 5.75 Å². The standard InChI is InChI=1S/C31H32ClN3O3/c1-31(2)16-25-29(27(36)17-31)30(21-11-13-22(32)14-12-21)35(26-10-5-4-9-24(26)34-25)19-28(37)33-18-20-7-6-8-23(15-20)38-3/h4-15,30,34H,16-19H2,1-3H3,(H,33,37). The second-order valence-electron chi connectivity index (χ2n) is 10.7. The lowest BCUT2D eigenvalue weighted by Gasteiger charge is -2.37. The summed E-state index contributed by atoms with van der Waals surface area (Å²) in [5, 5.41) is 7.24. The van der Waals surface area contributed by atoms with Crippen LogP contribution >= 0.6 is 11.6 Å². The molecule has 2 aliphatic rings. The van der Waals surface area contributed by atoms with Crippen LogP contribution in [0.15, 0.2) is 84.1 Å². The van der Waals surface area contributed by atoms with Crippen LogP contribution in [0.2, 0.25) is 5.02 Å². The van der Waals surface area contributed by atoms with Crippen molar-refractivity contribution in [3.63, 3.8) is 0 Å². The minimum atomic E-state index is -0.440. The van der Waals surface area contributed by atoms with Gasteiger partial charge in [-0.3, -0.25) is 9.59 Å². The fourth-order valence-corrected chi connectivity index (χ4v) is 5.54. The summed E-state index contributed by atoms with van der Waals surface area (Å²) in [6, 6.07) is 22.7. The third-order valence-electron chi connectivity index (χ3n) is 7.13.